The number of hydrogen-bond acceptors (Lipinski definition) is 6. The molecule has 0 saturated heterocycles. The van der Waals surface area contributed by atoms with Crippen LogP contribution in [0.15, 0.2) is 51.2 Å². The molecule has 0 fully saturated rings. The highest BCUT2D eigenvalue weighted by atomic mass is 16.4. The van der Waals surface area contributed by atoms with Crippen molar-refractivity contribution >= 4 is 28.9 Å². The van der Waals surface area contributed by atoms with E-state index in [-0.39, 0.29) is 27.8 Å². The lowest BCUT2D eigenvalue weighted by molar-refractivity contribution is 0.0693. The standard InChI is InChI=1S/C18H10N2O6/c19-8-11(5-9-1-4-14(21)12(6-9)17(23)24)16(22)10-2-3-13-15(7-10)26-18(25)20-13/h1-7,21H,(H,20,25)(H,23,24)/b11-5+. The van der Waals surface area contributed by atoms with E-state index in [1.807, 2.05) is 0 Å². The number of carbonyl (C=O) groups excluding carboxylic acids is 1. The fourth-order valence-corrected chi connectivity index (χ4v) is 2.37. The lowest BCUT2D eigenvalue weighted by Gasteiger charge is -2.03. The number of phenols is 1. The van der Waals surface area contributed by atoms with Gasteiger partial charge in [-0.3, -0.25) is 9.78 Å². The zero-order valence-electron chi connectivity index (χ0n) is 13.0. The number of benzene rings is 2. The third-order valence-electron chi connectivity index (χ3n) is 3.61. The van der Waals surface area contributed by atoms with Gasteiger partial charge in [0, 0.05) is 5.56 Å². The highest BCUT2D eigenvalue weighted by molar-refractivity contribution is 6.15. The number of nitriles is 1. The number of H-pyrrole nitrogens is 1. The van der Waals surface area contributed by atoms with Crippen LogP contribution in [0.1, 0.15) is 26.3 Å². The number of aromatic nitrogens is 1. The Kier molecular flexibility index (Phi) is 4.12. The van der Waals surface area contributed by atoms with Crippen LogP contribution < -0.4 is 5.76 Å². The van der Waals surface area contributed by atoms with Gasteiger partial charge in [-0.2, -0.15) is 5.26 Å². The Morgan fingerprint density at radius 3 is 2.65 bits per heavy atom. The highest BCUT2D eigenvalue weighted by Crippen LogP contribution is 2.21. The Morgan fingerprint density at radius 2 is 1.96 bits per heavy atom. The SMILES string of the molecule is N#C/C(=C\c1ccc(O)c(C(=O)O)c1)C(=O)c1ccc2[nH]c(=O)oc2c1. The van der Waals surface area contributed by atoms with E-state index in [4.69, 9.17) is 9.52 Å². The number of carboxylic acids is 1. The number of carboxylic acid groups (broad SMARTS) is 1. The number of fused-ring (bicyclic) bond motifs is 1. The number of Topliss-reactive ketones (excluding diaryl/α,β-unsaturated/α-hetero) is 1. The average Bonchev–Trinajstić information content (AvgIpc) is 2.99. The van der Waals surface area contributed by atoms with Crippen LogP contribution in [0, 0.1) is 11.3 Å². The van der Waals surface area contributed by atoms with Crippen LogP contribution >= 0.6 is 0 Å². The first kappa shape index (κ1) is 16.7. The Hall–Kier alpha value is -4.12. The van der Waals surface area contributed by atoms with E-state index in [0.29, 0.717) is 5.52 Å². The lowest BCUT2D eigenvalue weighted by Crippen LogP contribution is -2.02. The van der Waals surface area contributed by atoms with E-state index in [0.717, 1.165) is 12.1 Å². The third kappa shape index (κ3) is 3.09. The number of carbonyl (C=O) groups is 2. The zero-order valence-corrected chi connectivity index (χ0v) is 13.0. The normalized spacial score (nSPS) is 11.3. The van der Waals surface area contributed by atoms with Crippen molar-refractivity contribution in [2.75, 3.05) is 0 Å². The molecule has 0 aliphatic heterocycles. The second kappa shape index (κ2) is 6.41. The number of nitrogens with zero attached hydrogens (tertiary/aromatic N) is 1. The van der Waals surface area contributed by atoms with Crippen molar-refractivity contribution in [3.63, 3.8) is 0 Å². The van der Waals surface area contributed by atoms with Crippen LogP contribution in [0.25, 0.3) is 17.2 Å². The molecule has 2 aromatic carbocycles. The minimum absolute atomic E-state index is 0.130. The van der Waals surface area contributed by atoms with Crippen molar-refractivity contribution in [3.05, 3.63) is 69.2 Å². The van der Waals surface area contributed by atoms with Gasteiger partial charge in [-0.25, -0.2) is 9.59 Å². The summed E-state index contributed by atoms with van der Waals surface area (Å²) in [6.45, 7) is 0. The summed E-state index contributed by atoms with van der Waals surface area (Å²) >= 11 is 0. The Morgan fingerprint density at radius 1 is 1.19 bits per heavy atom. The molecule has 128 valence electrons. The van der Waals surface area contributed by atoms with E-state index in [2.05, 4.69) is 4.98 Å². The first-order valence-electron chi connectivity index (χ1n) is 7.24. The molecule has 1 aromatic heterocycles. The second-order valence-corrected chi connectivity index (χ2v) is 5.31. The van der Waals surface area contributed by atoms with Gasteiger partial charge in [-0.05, 0) is 42.0 Å². The van der Waals surface area contributed by atoms with Crippen LogP contribution in [0.5, 0.6) is 5.75 Å². The lowest BCUT2D eigenvalue weighted by atomic mass is 10.0. The number of oxazole rings is 1. The quantitative estimate of drug-likeness (QED) is 0.372. The minimum atomic E-state index is -1.34. The summed E-state index contributed by atoms with van der Waals surface area (Å²) in [7, 11) is 0. The molecule has 0 unspecified atom stereocenters. The molecule has 0 aliphatic carbocycles. The molecular weight excluding hydrogens is 340 g/mol. The van der Waals surface area contributed by atoms with Gasteiger partial charge in [0.15, 0.2) is 5.58 Å². The second-order valence-electron chi connectivity index (χ2n) is 5.31. The topological polar surface area (TPSA) is 144 Å². The van der Waals surface area contributed by atoms with Crippen LogP contribution in [0.2, 0.25) is 0 Å². The molecule has 3 rings (SSSR count). The third-order valence-corrected chi connectivity index (χ3v) is 3.61. The van der Waals surface area contributed by atoms with Crippen LogP contribution in [0.3, 0.4) is 0 Å². The van der Waals surface area contributed by atoms with E-state index >= 15 is 0 Å². The molecule has 0 aliphatic rings. The highest BCUT2D eigenvalue weighted by Gasteiger charge is 2.15. The van der Waals surface area contributed by atoms with Gasteiger partial charge in [-0.15, -0.1) is 0 Å². The summed E-state index contributed by atoms with van der Waals surface area (Å²) < 4.78 is 4.89. The molecular formula is C18H10N2O6. The van der Waals surface area contributed by atoms with Gasteiger partial charge in [-0.1, -0.05) is 6.07 Å². The van der Waals surface area contributed by atoms with Gasteiger partial charge in [0.2, 0.25) is 5.78 Å². The van der Waals surface area contributed by atoms with Crippen molar-refractivity contribution in [1.82, 2.24) is 4.98 Å². The summed E-state index contributed by atoms with van der Waals surface area (Å²) in [6.07, 6.45) is 1.21. The number of aromatic amines is 1. The molecule has 0 radical (unpaired) electrons. The monoisotopic (exact) mass is 350 g/mol. The van der Waals surface area contributed by atoms with E-state index in [1.165, 1.54) is 30.3 Å². The van der Waals surface area contributed by atoms with Gasteiger partial charge < -0.3 is 14.6 Å². The van der Waals surface area contributed by atoms with Crippen molar-refractivity contribution < 1.29 is 24.2 Å². The molecule has 0 amide bonds. The van der Waals surface area contributed by atoms with Gasteiger partial charge >= 0.3 is 11.7 Å². The molecule has 0 saturated carbocycles. The van der Waals surface area contributed by atoms with E-state index in [1.54, 1.807) is 6.07 Å². The van der Waals surface area contributed by atoms with Crippen molar-refractivity contribution in [3.8, 4) is 11.8 Å². The molecule has 0 atom stereocenters. The Labute approximate surface area is 145 Å². The van der Waals surface area contributed by atoms with Gasteiger partial charge in [0.1, 0.15) is 23.0 Å². The van der Waals surface area contributed by atoms with Crippen LogP contribution in [-0.4, -0.2) is 26.9 Å². The maximum Gasteiger partial charge on any atom is 0.417 e. The van der Waals surface area contributed by atoms with Crippen molar-refractivity contribution in [1.29, 1.82) is 5.26 Å². The van der Waals surface area contributed by atoms with Crippen LogP contribution in [-0.2, 0) is 0 Å². The molecule has 26 heavy (non-hydrogen) atoms. The Bertz CT molecular complexity index is 1180. The number of ketones is 1. The molecule has 3 N–H and O–H groups in total. The number of rotatable bonds is 4. The smallest absolute Gasteiger partial charge is 0.417 e. The largest absolute Gasteiger partial charge is 0.507 e. The van der Waals surface area contributed by atoms with Gasteiger partial charge in [0.25, 0.3) is 0 Å². The van der Waals surface area contributed by atoms with E-state index < -0.39 is 23.3 Å². The number of hydrogen-bond donors (Lipinski definition) is 3. The van der Waals surface area contributed by atoms with Crippen molar-refractivity contribution in [2.45, 2.75) is 0 Å². The summed E-state index contributed by atoms with van der Waals surface area (Å²) in [5.74, 6) is -3.04. The molecule has 8 heteroatoms. The fraction of sp³-hybridized carbons (Fsp3) is 0. The summed E-state index contributed by atoms with van der Waals surface area (Å²) in [5.41, 5.74) is 0.391. The predicted octanol–water partition coefficient (Wildman–Crippen LogP) is 2.31. The molecule has 0 bridgehead atoms. The summed E-state index contributed by atoms with van der Waals surface area (Å²) in [4.78, 5) is 37.2. The number of aromatic carboxylic acids is 1. The average molecular weight is 350 g/mol. The summed E-state index contributed by atoms with van der Waals surface area (Å²) in [6, 6.07) is 9.70. The maximum atomic E-state index is 12.5. The van der Waals surface area contributed by atoms with Crippen LogP contribution in [0.4, 0.5) is 0 Å². The minimum Gasteiger partial charge on any atom is -0.507 e. The number of allylic oxidation sites excluding steroid dienone is 1. The molecule has 8 nitrogen and oxygen atoms in total. The molecule has 0 spiro atoms. The molecule has 1 heterocycles. The summed E-state index contributed by atoms with van der Waals surface area (Å²) in [5, 5.41) is 27.8. The van der Waals surface area contributed by atoms with Crippen molar-refractivity contribution in [2.24, 2.45) is 0 Å². The number of nitrogens with one attached hydrogen (secondary N) is 1. The first-order valence-corrected chi connectivity index (χ1v) is 7.24. The first-order chi connectivity index (χ1) is 12.4. The zero-order chi connectivity index (χ0) is 18.8. The van der Waals surface area contributed by atoms with Gasteiger partial charge in [0.05, 0.1) is 5.52 Å². The number of aromatic hydroxyl groups is 1. The van der Waals surface area contributed by atoms with E-state index in [9.17, 15) is 24.8 Å². The molecule has 3 aromatic rings. The predicted molar refractivity (Wildman–Crippen MR) is 89.8 cm³/mol. The maximum absolute atomic E-state index is 12.5. The Balaban J connectivity index is 2.01. The fourth-order valence-electron chi connectivity index (χ4n) is 2.37.